The molecule has 1 heterocycles. The molecule has 19 heavy (non-hydrogen) atoms. The van der Waals surface area contributed by atoms with E-state index in [9.17, 15) is 9.90 Å². The molecule has 1 atom stereocenters. The topological polar surface area (TPSA) is 66.6 Å². The molecular weight excluding hydrogens is 240 g/mol. The number of nitrogens with two attached hydrogens (primary N) is 1. The summed E-state index contributed by atoms with van der Waals surface area (Å²) in [5.41, 5.74) is 5.24. The number of primary amides is 1. The molecule has 1 aliphatic carbocycles. The number of amides is 1. The molecule has 1 aliphatic heterocycles. The molecule has 0 aromatic rings. The quantitative estimate of drug-likeness (QED) is 0.767. The van der Waals surface area contributed by atoms with Gasteiger partial charge in [-0.25, -0.2) is 0 Å². The zero-order chi connectivity index (χ0) is 13.7. The van der Waals surface area contributed by atoms with Crippen LogP contribution in [0.2, 0.25) is 0 Å². The van der Waals surface area contributed by atoms with Crippen molar-refractivity contribution in [2.45, 2.75) is 57.5 Å². The first-order valence-corrected chi connectivity index (χ1v) is 7.82. The summed E-state index contributed by atoms with van der Waals surface area (Å²) in [4.78, 5) is 13.2. The second-order valence-corrected chi connectivity index (χ2v) is 6.45. The molecule has 2 rings (SSSR count). The summed E-state index contributed by atoms with van der Waals surface area (Å²) in [6.07, 6.45) is 8.70. The van der Waals surface area contributed by atoms with Crippen LogP contribution in [0, 0.1) is 11.8 Å². The van der Waals surface area contributed by atoms with Gasteiger partial charge in [0.15, 0.2) is 0 Å². The number of hydrogen-bond donors (Lipinski definition) is 2. The average molecular weight is 268 g/mol. The summed E-state index contributed by atoms with van der Waals surface area (Å²) >= 11 is 0. The summed E-state index contributed by atoms with van der Waals surface area (Å²) < 4.78 is 0. The largest absolute Gasteiger partial charge is 0.392 e. The standard InChI is InChI=1S/C15H28N2O2/c16-15(19)10-13-5-7-17(8-6-13)11-14(18)9-12-3-1-2-4-12/h12-14,18H,1-11H2,(H2,16,19). The molecule has 1 saturated carbocycles. The second-order valence-electron chi connectivity index (χ2n) is 6.45. The third kappa shape index (κ3) is 5.11. The Morgan fingerprint density at radius 3 is 2.37 bits per heavy atom. The molecule has 0 spiro atoms. The van der Waals surface area contributed by atoms with Crippen LogP contribution in [-0.2, 0) is 4.79 Å². The minimum atomic E-state index is -0.181. The van der Waals surface area contributed by atoms with Gasteiger partial charge in [0.2, 0.25) is 5.91 Å². The van der Waals surface area contributed by atoms with Gasteiger partial charge in [-0.1, -0.05) is 25.7 Å². The molecule has 4 heteroatoms. The molecule has 4 nitrogen and oxygen atoms in total. The van der Waals surface area contributed by atoms with Crippen LogP contribution in [0.5, 0.6) is 0 Å². The first kappa shape index (κ1) is 14.8. The van der Waals surface area contributed by atoms with Crippen molar-refractivity contribution in [3.05, 3.63) is 0 Å². The van der Waals surface area contributed by atoms with Crippen molar-refractivity contribution in [2.75, 3.05) is 19.6 Å². The number of rotatable bonds is 6. The van der Waals surface area contributed by atoms with E-state index in [1.165, 1.54) is 25.7 Å². The number of hydrogen-bond acceptors (Lipinski definition) is 3. The van der Waals surface area contributed by atoms with Crippen LogP contribution in [-0.4, -0.2) is 41.7 Å². The van der Waals surface area contributed by atoms with Gasteiger partial charge >= 0.3 is 0 Å². The highest BCUT2D eigenvalue weighted by Crippen LogP contribution is 2.29. The maximum absolute atomic E-state index is 10.9. The SMILES string of the molecule is NC(=O)CC1CCN(CC(O)CC2CCCC2)CC1. The maximum atomic E-state index is 10.9. The van der Waals surface area contributed by atoms with Gasteiger partial charge in [-0.15, -0.1) is 0 Å². The number of carbonyl (C=O) groups is 1. The molecule has 2 aliphatic rings. The van der Waals surface area contributed by atoms with Crippen LogP contribution in [0.15, 0.2) is 0 Å². The number of carbonyl (C=O) groups excluding carboxylic acids is 1. The van der Waals surface area contributed by atoms with Gasteiger partial charge in [0, 0.05) is 13.0 Å². The number of aliphatic hydroxyl groups is 1. The summed E-state index contributed by atoms with van der Waals surface area (Å²) in [7, 11) is 0. The van der Waals surface area contributed by atoms with Crippen molar-refractivity contribution in [2.24, 2.45) is 17.6 Å². The number of likely N-dealkylation sites (tertiary alicyclic amines) is 1. The lowest BCUT2D eigenvalue weighted by Gasteiger charge is -2.33. The van der Waals surface area contributed by atoms with Crippen LogP contribution in [0.25, 0.3) is 0 Å². The Balaban J connectivity index is 1.62. The normalized spacial score (nSPS) is 24.7. The van der Waals surface area contributed by atoms with Crippen molar-refractivity contribution < 1.29 is 9.90 Å². The van der Waals surface area contributed by atoms with Crippen molar-refractivity contribution in [3.8, 4) is 0 Å². The zero-order valence-electron chi connectivity index (χ0n) is 11.9. The van der Waals surface area contributed by atoms with Gasteiger partial charge in [-0.3, -0.25) is 4.79 Å². The van der Waals surface area contributed by atoms with Gasteiger partial charge in [-0.05, 0) is 44.2 Å². The molecule has 2 fully saturated rings. The van der Waals surface area contributed by atoms with E-state index in [0.29, 0.717) is 12.3 Å². The third-order valence-corrected chi connectivity index (χ3v) is 4.75. The van der Waals surface area contributed by atoms with E-state index < -0.39 is 0 Å². The number of piperidine rings is 1. The Bertz CT molecular complexity index is 282. The lowest BCUT2D eigenvalue weighted by atomic mass is 9.92. The van der Waals surface area contributed by atoms with Crippen LogP contribution in [0.4, 0.5) is 0 Å². The van der Waals surface area contributed by atoms with E-state index in [-0.39, 0.29) is 12.0 Å². The fourth-order valence-corrected chi connectivity index (χ4v) is 3.66. The van der Waals surface area contributed by atoms with Crippen LogP contribution in [0.3, 0.4) is 0 Å². The Hall–Kier alpha value is -0.610. The van der Waals surface area contributed by atoms with Crippen LogP contribution < -0.4 is 5.73 Å². The predicted octanol–water partition coefficient (Wildman–Crippen LogP) is 1.51. The van der Waals surface area contributed by atoms with Gasteiger partial charge in [0.25, 0.3) is 0 Å². The molecule has 0 radical (unpaired) electrons. The van der Waals surface area contributed by atoms with Crippen LogP contribution >= 0.6 is 0 Å². The Labute approximate surface area is 116 Å². The summed E-state index contributed by atoms with van der Waals surface area (Å²) in [6.45, 7) is 2.80. The fourth-order valence-electron chi connectivity index (χ4n) is 3.66. The number of β-amino-alcohol motifs (C(OH)–C–C–N with tert-alkyl or cyclic N) is 1. The molecule has 1 unspecified atom stereocenters. The van der Waals surface area contributed by atoms with E-state index in [2.05, 4.69) is 4.90 Å². The van der Waals surface area contributed by atoms with Gasteiger partial charge in [0.1, 0.15) is 0 Å². The Kier molecular flexibility index (Phi) is 5.64. The smallest absolute Gasteiger partial charge is 0.217 e. The van der Waals surface area contributed by atoms with E-state index in [4.69, 9.17) is 5.73 Å². The highest BCUT2D eigenvalue weighted by molar-refractivity contribution is 5.73. The Morgan fingerprint density at radius 1 is 1.16 bits per heavy atom. The van der Waals surface area contributed by atoms with Crippen molar-refractivity contribution in [1.82, 2.24) is 4.90 Å². The van der Waals surface area contributed by atoms with Gasteiger partial charge < -0.3 is 15.7 Å². The summed E-state index contributed by atoms with van der Waals surface area (Å²) in [5, 5.41) is 10.2. The summed E-state index contributed by atoms with van der Waals surface area (Å²) in [5.74, 6) is 1.03. The van der Waals surface area contributed by atoms with Gasteiger partial charge in [-0.2, -0.15) is 0 Å². The molecule has 0 aromatic carbocycles. The highest BCUT2D eigenvalue weighted by atomic mass is 16.3. The third-order valence-electron chi connectivity index (χ3n) is 4.75. The minimum Gasteiger partial charge on any atom is -0.392 e. The van der Waals surface area contributed by atoms with Gasteiger partial charge in [0.05, 0.1) is 6.10 Å². The molecular formula is C15H28N2O2. The van der Waals surface area contributed by atoms with E-state index >= 15 is 0 Å². The Morgan fingerprint density at radius 2 is 1.79 bits per heavy atom. The minimum absolute atomic E-state index is 0.171. The van der Waals surface area contributed by atoms with E-state index in [0.717, 1.165) is 44.8 Å². The molecule has 3 N–H and O–H groups in total. The predicted molar refractivity (Wildman–Crippen MR) is 75.6 cm³/mol. The first-order valence-electron chi connectivity index (χ1n) is 7.82. The number of nitrogens with zero attached hydrogens (tertiary/aromatic N) is 1. The van der Waals surface area contributed by atoms with E-state index in [1.54, 1.807) is 0 Å². The zero-order valence-corrected chi connectivity index (χ0v) is 11.9. The van der Waals surface area contributed by atoms with Crippen molar-refractivity contribution in [1.29, 1.82) is 0 Å². The van der Waals surface area contributed by atoms with E-state index in [1.807, 2.05) is 0 Å². The van der Waals surface area contributed by atoms with Crippen molar-refractivity contribution >= 4 is 5.91 Å². The molecule has 0 bridgehead atoms. The van der Waals surface area contributed by atoms with Crippen LogP contribution in [0.1, 0.15) is 51.4 Å². The maximum Gasteiger partial charge on any atom is 0.217 e. The molecule has 110 valence electrons. The number of aliphatic hydroxyl groups excluding tert-OH is 1. The summed E-state index contributed by atoms with van der Waals surface area (Å²) in [6, 6.07) is 0. The second kappa shape index (κ2) is 7.25. The molecule has 1 saturated heterocycles. The fraction of sp³-hybridized carbons (Fsp3) is 0.933. The lowest BCUT2D eigenvalue weighted by molar-refractivity contribution is -0.119. The van der Waals surface area contributed by atoms with Crippen molar-refractivity contribution in [3.63, 3.8) is 0 Å². The monoisotopic (exact) mass is 268 g/mol. The first-order chi connectivity index (χ1) is 9.13. The highest BCUT2D eigenvalue weighted by Gasteiger charge is 2.24. The molecule has 1 amide bonds. The lowest BCUT2D eigenvalue weighted by Crippen LogP contribution is -2.40. The average Bonchev–Trinajstić information content (AvgIpc) is 2.83. The molecule has 0 aromatic heterocycles.